The van der Waals surface area contributed by atoms with Crippen LogP contribution in [0.2, 0.25) is 0 Å². The van der Waals surface area contributed by atoms with Crippen LogP contribution in [-0.4, -0.2) is 18.8 Å². The number of rotatable bonds is 2. The zero-order valence-electron chi connectivity index (χ0n) is 8.24. The van der Waals surface area contributed by atoms with Crippen molar-refractivity contribution in [3.05, 3.63) is 29.8 Å². The number of aliphatic imine (C=N–C) groups is 1. The molecule has 3 N–H and O–H groups in total. The maximum Gasteiger partial charge on any atom is 0.157 e. The van der Waals surface area contributed by atoms with Crippen molar-refractivity contribution in [2.24, 2.45) is 10.7 Å². The fourth-order valence-corrected chi connectivity index (χ4v) is 1.08. The lowest BCUT2D eigenvalue weighted by Gasteiger charge is -2.05. The first-order valence-electron chi connectivity index (χ1n) is 4.18. The van der Waals surface area contributed by atoms with Gasteiger partial charge in [-0.3, -0.25) is 5.41 Å². The van der Waals surface area contributed by atoms with Gasteiger partial charge in [-0.15, -0.1) is 0 Å². The summed E-state index contributed by atoms with van der Waals surface area (Å²) in [5.74, 6) is 1.10. The summed E-state index contributed by atoms with van der Waals surface area (Å²) in [5.41, 5.74) is 6.03. The average Bonchev–Trinajstić information content (AvgIpc) is 2.16. The molecular formula is C10H13N3O. The van der Waals surface area contributed by atoms with Crippen LogP contribution in [0, 0.1) is 5.41 Å². The highest BCUT2D eigenvalue weighted by atomic mass is 16.5. The van der Waals surface area contributed by atoms with Gasteiger partial charge in [0.1, 0.15) is 5.75 Å². The Balaban J connectivity index is 3.06. The van der Waals surface area contributed by atoms with Crippen LogP contribution in [-0.2, 0) is 0 Å². The first kappa shape index (κ1) is 10.2. The number of para-hydroxylation sites is 1. The van der Waals surface area contributed by atoms with Gasteiger partial charge in [-0.05, 0) is 19.1 Å². The molecule has 0 heterocycles. The standard InChI is InChI=1S/C10H13N3O/c1-7(11)13-10(12)8-5-3-4-6-9(8)14-2/h3-6H,1-2H3,(H3,11,12,13). The molecule has 0 unspecified atom stereocenters. The number of hydrogen-bond acceptors (Lipinski definition) is 2. The van der Waals surface area contributed by atoms with Crippen molar-refractivity contribution >= 4 is 11.7 Å². The van der Waals surface area contributed by atoms with Crippen LogP contribution in [0.3, 0.4) is 0 Å². The molecule has 1 aromatic rings. The summed E-state index contributed by atoms with van der Waals surface area (Å²) in [4.78, 5) is 3.85. The van der Waals surface area contributed by atoms with E-state index in [-0.39, 0.29) is 5.84 Å². The third-order valence-electron chi connectivity index (χ3n) is 1.65. The summed E-state index contributed by atoms with van der Waals surface area (Å²) in [7, 11) is 1.56. The molecule has 0 spiro atoms. The Morgan fingerprint density at radius 1 is 1.43 bits per heavy atom. The van der Waals surface area contributed by atoms with Crippen molar-refractivity contribution < 1.29 is 4.74 Å². The van der Waals surface area contributed by atoms with Gasteiger partial charge in [0, 0.05) is 0 Å². The number of methoxy groups -OCH3 is 1. The number of hydrogen-bond donors (Lipinski definition) is 2. The van der Waals surface area contributed by atoms with Gasteiger partial charge in [0.25, 0.3) is 0 Å². The minimum atomic E-state index is 0.113. The Labute approximate surface area is 82.9 Å². The van der Waals surface area contributed by atoms with E-state index in [0.717, 1.165) is 0 Å². The lowest BCUT2D eigenvalue weighted by Crippen LogP contribution is -2.10. The fraction of sp³-hybridized carbons (Fsp3) is 0.200. The van der Waals surface area contributed by atoms with Crippen LogP contribution in [0.5, 0.6) is 5.75 Å². The van der Waals surface area contributed by atoms with E-state index in [9.17, 15) is 0 Å². The third-order valence-corrected chi connectivity index (χ3v) is 1.65. The Morgan fingerprint density at radius 2 is 2.07 bits per heavy atom. The zero-order chi connectivity index (χ0) is 10.6. The molecule has 0 radical (unpaired) electrons. The molecule has 4 nitrogen and oxygen atoms in total. The minimum Gasteiger partial charge on any atom is -0.496 e. The monoisotopic (exact) mass is 191 g/mol. The maximum atomic E-state index is 7.66. The van der Waals surface area contributed by atoms with E-state index < -0.39 is 0 Å². The van der Waals surface area contributed by atoms with Crippen molar-refractivity contribution in [1.82, 2.24) is 0 Å². The molecule has 0 aliphatic carbocycles. The highest BCUT2D eigenvalue weighted by molar-refractivity contribution is 6.05. The number of amidine groups is 2. The third kappa shape index (κ3) is 2.32. The van der Waals surface area contributed by atoms with Gasteiger partial charge in [0.2, 0.25) is 0 Å². The zero-order valence-corrected chi connectivity index (χ0v) is 8.24. The average molecular weight is 191 g/mol. The summed E-state index contributed by atoms with van der Waals surface area (Å²) in [6, 6.07) is 7.22. The summed E-state index contributed by atoms with van der Waals surface area (Å²) >= 11 is 0. The van der Waals surface area contributed by atoms with E-state index in [4.69, 9.17) is 15.9 Å². The van der Waals surface area contributed by atoms with Crippen LogP contribution >= 0.6 is 0 Å². The van der Waals surface area contributed by atoms with Gasteiger partial charge in [-0.2, -0.15) is 0 Å². The van der Waals surface area contributed by atoms with Gasteiger partial charge >= 0.3 is 0 Å². The molecule has 0 bridgehead atoms. The second kappa shape index (κ2) is 4.41. The van der Waals surface area contributed by atoms with E-state index in [2.05, 4.69) is 4.99 Å². The predicted molar refractivity (Wildman–Crippen MR) is 57.1 cm³/mol. The van der Waals surface area contributed by atoms with E-state index >= 15 is 0 Å². The quantitative estimate of drug-likeness (QED) is 0.547. The molecule has 74 valence electrons. The van der Waals surface area contributed by atoms with Gasteiger partial charge in [-0.25, -0.2) is 4.99 Å². The maximum absolute atomic E-state index is 7.66. The van der Waals surface area contributed by atoms with Gasteiger partial charge in [0.05, 0.1) is 18.5 Å². The van der Waals surface area contributed by atoms with E-state index in [1.54, 1.807) is 26.2 Å². The number of benzene rings is 1. The first-order valence-corrected chi connectivity index (χ1v) is 4.18. The summed E-state index contributed by atoms with van der Waals surface area (Å²) in [6.07, 6.45) is 0. The Bertz CT molecular complexity index is 367. The van der Waals surface area contributed by atoms with Crippen LogP contribution in [0.25, 0.3) is 0 Å². The van der Waals surface area contributed by atoms with Gasteiger partial charge in [-0.1, -0.05) is 12.1 Å². The molecule has 0 aromatic heterocycles. The molecule has 1 rings (SSSR count). The van der Waals surface area contributed by atoms with E-state index in [1.807, 2.05) is 12.1 Å². The summed E-state index contributed by atoms with van der Waals surface area (Å²) in [6.45, 7) is 1.64. The molecule has 0 saturated heterocycles. The minimum absolute atomic E-state index is 0.113. The second-order valence-electron chi connectivity index (χ2n) is 2.80. The van der Waals surface area contributed by atoms with Crippen molar-refractivity contribution in [3.8, 4) is 5.75 Å². The van der Waals surface area contributed by atoms with Crippen LogP contribution in [0.1, 0.15) is 12.5 Å². The van der Waals surface area contributed by atoms with Crippen molar-refractivity contribution in [2.75, 3.05) is 7.11 Å². The van der Waals surface area contributed by atoms with Gasteiger partial charge < -0.3 is 10.5 Å². The molecule has 0 aliphatic rings. The van der Waals surface area contributed by atoms with E-state index in [1.165, 1.54) is 0 Å². The molecule has 1 aromatic carbocycles. The van der Waals surface area contributed by atoms with Crippen LogP contribution in [0.15, 0.2) is 29.3 Å². The van der Waals surface area contributed by atoms with Crippen LogP contribution in [0.4, 0.5) is 0 Å². The normalized spacial score (nSPS) is 11.1. The summed E-state index contributed by atoms with van der Waals surface area (Å²) in [5, 5.41) is 7.66. The Hall–Kier alpha value is -1.84. The first-order chi connectivity index (χ1) is 6.65. The number of ether oxygens (including phenoxy) is 1. The van der Waals surface area contributed by atoms with Crippen molar-refractivity contribution in [2.45, 2.75) is 6.92 Å². The summed E-state index contributed by atoms with van der Waals surface area (Å²) < 4.78 is 5.10. The topological polar surface area (TPSA) is 71.5 Å². The van der Waals surface area contributed by atoms with E-state index in [0.29, 0.717) is 17.1 Å². The van der Waals surface area contributed by atoms with Crippen molar-refractivity contribution in [1.29, 1.82) is 5.41 Å². The molecule has 14 heavy (non-hydrogen) atoms. The number of nitrogens with zero attached hydrogens (tertiary/aromatic N) is 1. The highest BCUT2D eigenvalue weighted by Gasteiger charge is 2.05. The van der Waals surface area contributed by atoms with Crippen molar-refractivity contribution in [3.63, 3.8) is 0 Å². The lowest BCUT2D eigenvalue weighted by atomic mass is 10.2. The molecule has 0 atom stereocenters. The molecule has 0 saturated carbocycles. The molecule has 0 aliphatic heterocycles. The Kier molecular flexibility index (Phi) is 3.23. The Morgan fingerprint density at radius 3 is 2.64 bits per heavy atom. The fourth-order valence-electron chi connectivity index (χ4n) is 1.08. The van der Waals surface area contributed by atoms with Crippen LogP contribution < -0.4 is 10.5 Å². The number of nitrogens with two attached hydrogens (primary N) is 1. The SMILES string of the molecule is COc1ccccc1C(=N)N=C(C)N. The van der Waals surface area contributed by atoms with Gasteiger partial charge in [0.15, 0.2) is 5.84 Å². The number of nitrogens with one attached hydrogen (secondary N) is 1. The smallest absolute Gasteiger partial charge is 0.157 e. The molecule has 4 heteroatoms. The molecular weight excluding hydrogens is 178 g/mol. The molecule has 0 fully saturated rings. The largest absolute Gasteiger partial charge is 0.496 e. The lowest BCUT2D eigenvalue weighted by molar-refractivity contribution is 0.414. The predicted octanol–water partition coefficient (Wildman–Crippen LogP) is 1.40. The second-order valence-corrected chi connectivity index (χ2v) is 2.80. The molecule has 0 amide bonds. The highest BCUT2D eigenvalue weighted by Crippen LogP contribution is 2.17.